The molecule has 0 aliphatic rings. The molecule has 0 saturated heterocycles. The van der Waals surface area contributed by atoms with Crippen LogP contribution in [0, 0.1) is 0 Å². The van der Waals surface area contributed by atoms with Gasteiger partial charge in [-0.25, -0.2) is 18.6 Å². The fourth-order valence-corrected chi connectivity index (χ4v) is 1.35. The third-order valence-electron chi connectivity index (χ3n) is 2.02. The normalized spacial score (nSPS) is 11.7. The minimum atomic E-state index is -5.27. The molecule has 0 aliphatic carbocycles. The van der Waals surface area contributed by atoms with E-state index in [-0.39, 0.29) is 5.56 Å². The number of carboxylic acid groups (broad SMARTS) is 1. The molecule has 3 N–H and O–H groups in total. The average Bonchev–Trinajstić information content (AvgIpc) is 2.25. The third-order valence-corrected chi connectivity index (χ3v) is 2.02. The van der Waals surface area contributed by atoms with Gasteiger partial charge in [0.25, 0.3) is 6.43 Å². The number of halogens is 5. The zero-order valence-electron chi connectivity index (χ0n) is 9.04. The van der Waals surface area contributed by atoms with E-state index >= 15 is 0 Å². The number of aromatic nitrogens is 1. The minimum Gasteiger partial charge on any atom is -0.478 e. The Morgan fingerprint density at radius 3 is 2.42 bits per heavy atom. The van der Waals surface area contributed by atoms with Gasteiger partial charge in [-0.1, -0.05) is 0 Å². The molecule has 0 radical (unpaired) electrons. The second-order valence-corrected chi connectivity index (χ2v) is 3.24. The summed E-state index contributed by atoms with van der Waals surface area (Å²) in [5.41, 5.74) is 2.32. The number of aromatic carboxylic acids is 1. The van der Waals surface area contributed by atoms with Crippen molar-refractivity contribution in [2.24, 2.45) is 5.73 Å². The molecule has 5 nitrogen and oxygen atoms in total. The fourth-order valence-electron chi connectivity index (χ4n) is 1.35. The Bertz CT molecular complexity index is 489. The maximum Gasteiger partial charge on any atom is 0.574 e. The molecule has 0 bridgehead atoms. The van der Waals surface area contributed by atoms with Crippen LogP contribution in [0.2, 0.25) is 0 Å². The average molecular weight is 286 g/mol. The molecule has 106 valence electrons. The molecule has 0 saturated carbocycles. The van der Waals surface area contributed by atoms with Crippen molar-refractivity contribution < 1.29 is 36.6 Å². The topological polar surface area (TPSA) is 85.4 Å². The van der Waals surface area contributed by atoms with Crippen molar-refractivity contribution in [1.82, 2.24) is 4.98 Å². The number of nitrogens with two attached hydrogens (primary N) is 1. The molecule has 0 aromatic carbocycles. The van der Waals surface area contributed by atoms with Crippen molar-refractivity contribution in [3.63, 3.8) is 0 Å². The predicted octanol–water partition coefficient (Wildman–Crippen LogP) is 2.07. The first kappa shape index (κ1) is 15.1. The van der Waals surface area contributed by atoms with Crippen LogP contribution in [0.4, 0.5) is 22.0 Å². The molecule has 1 rings (SSSR count). The Morgan fingerprint density at radius 2 is 2.05 bits per heavy atom. The predicted molar refractivity (Wildman–Crippen MR) is 50.7 cm³/mol. The highest BCUT2D eigenvalue weighted by molar-refractivity contribution is 5.91. The van der Waals surface area contributed by atoms with Crippen LogP contribution in [0.3, 0.4) is 0 Å². The van der Waals surface area contributed by atoms with Crippen LogP contribution >= 0.6 is 0 Å². The van der Waals surface area contributed by atoms with E-state index in [4.69, 9.17) is 10.8 Å². The maximum absolute atomic E-state index is 12.7. The number of rotatable bonds is 4. The van der Waals surface area contributed by atoms with Gasteiger partial charge in [-0.15, -0.1) is 13.2 Å². The summed E-state index contributed by atoms with van der Waals surface area (Å²) in [4.78, 5) is 13.9. The largest absolute Gasteiger partial charge is 0.574 e. The fraction of sp³-hybridized carbons (Fsp3) is 0.333. The molecule has 0 aliphatic heterocycles. The Morgan fingerprint density at radius 1 is 1.47 bits per heavy atom. The quantitative estimate of drug-likeness (QED) is 0.828. The van der Waals surface area contributed by atoms with Gasteiger partial charge in [0.1, 0.15) is 0 Å². The summed E-state index contributed by atoms with van der Waals surface area (Å²) in [6, 6.07) is 0. The standard InChI is InChI=1S/C9H7F5N2O3/c10-6(11)5-4(8(17)18)3(1-15)2-16-7(5)19-9(12,13)14/h2,6H,1,15H2,(H,17,18). The van der Waals surface area contributed by atoms with Crippen LogP contribution in [0.25, 0.3) is 0 Å². The van der Waals surface area contributed by atoms with Gasteiger partial charge in [0.15, 0.2) is 0 Å². The van der Waals surface area contributed by atoms with Crippen LogP contribution in [0.15, 0.2) is 6.20 Å². The maximum atomic E-state index is 12.7. The number of alkyl halides is 5. The van der Waals surface area contributed by atoms with Crippen LogP contribution < -0.4 is 10.5 Å². The minimum absolute atomic E-state index is 0.322. The molecule has 0 atom stereocenters. The Hall–Kier alpha value is -1.97. The lowest BCUT2D eigenvalue weighted by Gasteiger charge is -2.15. The number of ether oxygens (including phenoxy) is 1. The van der Waals surface area contributed by atoms with Crippen LogP contribution in [-0.2, 0) is 6.54 Å². The van der Waals surface area contributed by atoms with Gasteiger partial charge in [0.05, 0.1) is 11.1 Å². The third kappa shape index (κ3) is 3.50. The van der Waals surface area contributed by atoms with E-state index in [9.17, 15) is 26.7 Å². The first-order chi connectivity index (χ1) is 8.67. The first-order valence-electron chi connectivity index (χ1n) is 4.66. The number of carbonyl (C=O) groups is 1. The summed E-state index contributed by atoms with van der Waals surface area (Å²) >= 11 is 0. The summed E-state index contributed by atoms with van der Waals surface area (Å²) < 4.78 is 64.8. The molecule has 0 spiro atoms. The molecule has 0 amide bonds. The zero-order chi connectivity index (χ0) is 14.8. The Labute approximate surface area is 102 Å². The van der Waals surface area contributed by atoms with Gasteiger partial charge in [-0.2, -0.15) is 0 Å². The van der Waals surface area contributed by atoms with Gasteiger partial charge in [-0.3, -0.25) is 0 Å². The molecule has 0 fully saturated rings. The lowest BCUT2D eigenvalue weighted by molar-refractivity contribution is -0.276. The summed E-state index contributed by atoms with van der Waals surface area (Å²) in [6.07, 6.45) is -8.13. The van der Waals surface area contributed by atoms with Crippen LogP contribution in [0.5, 0.6) is 5.88 Å². The Kier molecular flexibility index (Phi) is 4.24. The molecule has 0 unspecified atom stereocenters. The van der Waals surface area contributed by atoms with Crippen LogP contribution in [0.1, 0.15) is 27.9 Å². The van der Waals surface area contributed by atoms with Gasteiger partial charge in [-0.05, 0) is 5.56 Å². The highest BCUT2D eigenvalue weighted by Crippen LogP contribution is 2.35. The van der Waals surface area contributed by atoms with Crippen molar-refractivity contribution >= 4 is 5.97 Å². The zero-order valence-corrected chi connectivity index (χ0v) is 9.04. The summed E-state index contributed by atoms with van der Waals surface area (Å²) in [7, 11) is 0. The summed E-state index contributed by atoms with van der Waals surface area (Å²) in [6.45, 7) is -0.472. The number of carboxylic acids is 1. The number of nitrogens with zero attached hydrogens (tertiary/aromatic N) is 1. The second-order valence-electron chi connectivity index (χ2n) is 3.24. The van der Waals surface area contributed by atoms with Crippen molar-refractivity contribution in [3.8, 4) is 5.88 Å². The van der Waals surface area contributed by atoms with E-state index in [2.05, 4.69) is 9.72 Å². The molecule has 19 heavy (non-hydrogen) atoms. The van der Waals surface area contributed by atoms with E-state index in [1.54, 1.807) is 0 Å². The van der Waals surface area contributed by atoms with Gasteiger partial charge < -0.3 is 15.6 Å². The van der Waals surface area contributed by atoms with Crippen molar-refractivity contribution in [2.45, 2.75) is 19.3 Å². The highest BCUT2D eigenvalue weighted by atomic mass is 19.4. The van der Waals surface area contributed by atoms with E-state index in [1.807, 2.05) is 0 Å². The molecule has 10 heteroatoms. The lowest BCUT2D eigenvalue weighted by Crippen LogP contribution is -2.21. The molecule has 1 heterocycles. The van der Waals surface area contributed by atoms with E-state index in [0.717, 1.165) is 0 Å². The number of hydrogen-bond acceptors (Lipinski definition) is 4. The second kappa shape index (κ2) is 5.34. The first-order valence-corrected chi connectivity index (χ1v) is 4.66. The van der Waals surface area contributed by atoms with E-state index < -0.39 is 42.3 Å². The molecule has 1 aromatic rings. The molecular weight excluding hydrogens is 279 g/mol. The summed E-state index contributed by atoms with van der Waals surface area (Å²) in [5, 5.41) is 8.80. The van der Waals surface area contributed by atoms with Crippen LogP contribution in [-0.4, -0.2) is 22.4 Å². The SMILES string of the molecule is NCc1cnc(OC(F)(F)F)c(C(F)F)c1C(=O)O. The van der Waals surface area contributed by atoms with Gasteiger partial charge >= 0.3 is 12.3 Å². The number of hydrogen-bond donors (Lipinski definition) is 2. The van der Waals surface area contributed by atoms with Gasteiger partial charge in [0, 0.05) is 12.7 Å². The highest BCUT2D eigenvalue weighted by Gasteiger charge is 2.36. The lowest BCUT2D eigenvalue weighted by atomic mass is 10.0. The Balaban J connectivity index is 3.49. The smallest absolute Gasteiger partial charge is 0.478 e. The molecule has 1 aromatic heterocycles. The van der Waals surface area contributed by atoms with Crippen molar-refractivity contribution in [3.05, 3.63) is 22.9 Å². The molecular formula is C9H7F5N2O3. The van der Waals surface area contributed by atoms with Crippen molar-refractivity contribution in [1.29, 1.82) is 0 Å². The van der Waals surface area contributed by atoms with Crippen molar-refractivity contribution in [2.75, 3.05) is 0 Å². The monoisotopic (exact) mass is 286 g/mol. The van der Waals surface area contributed by atoms with E-state index in [1.165, 1.54) is 0 Å². The van der Waals surface area contributed by atoms with Gasteiger partial charge in [0.2, 0.25) is 5.88 Å². The van der Waals surface area contributed by atoms with E-state index in [0.29, 0.717) is 6.20 Å². The number of pyridine rings is 1. The summed E-state index contributed by atoms with van der Waals surface area (Å²) in [5.74, 6) is -3.35.